The number of hydrogen-bond donors (Lipinski definition) is 2. The number of hydrogen-bond acceptors (Lipinski definition) is 3. The maximum atomic E-state index is 13.5. The minimum absolute atomic E-state index is 0.0865. The number of nitrogens with one attached hydrogen (secondary N) is 2. The normalized spacial score (nSPS) is 11.0. The molecule has 0 unspecified atom stereocenters. The molecule has 0 heterocycles. The van der Waals surface area contributed by atoms with Crippen LogP contribution in [0.15, 0.2) is 47.4 Å². The maximum absolute atomic E-state index is 13.5. The first-order valence-corrected chi connectivity index (χ1v) is 7.93. The fraction of sp³-hybridized carbons (Fsp3) is 0.133. The SMILES string of the molecule is CC(=O)Nc1cc(NS(=O)(=O)c2ccc(C)cc2)ccc1F. The summed E-state index contributed by atoms with van der Waals surface area (Å²) in [5.41, 5.74) is 1.01. The number of carbonyl (C=O) groups is 1. The zero-order chi connectivity index (χ0) is 16.3. The lowest BCUT2D eigenvalue weighted by atomic mass is 10.2. The number of sulfonamides is 1. The fourth-order valence-electron chi connectivity index (χ4n) is 1.81. The Bertz CT molecular complexity index is 802. The molecule has 0 spiro atoms. The van der Waals surface area contributed by atoms with E-state index in [4.69, 9.17) is 0 Å². The van der Waals surface area contributed by atoms with E-state index in [9.17, 15) is 17.6 Å². The Morgan fingerprint density at radius 3 is 2.32 bits per heavy atom. The van der Waals surface area contributed by atoms with E-state index in [0.717, 1.165) is 11.6 Å². The van der Waals surface area contributed by atoms with Gasteiger partial charge >= 0.3 is 0 Å². The van der Waals surface area contributed by atoms with Crippen molar-refractivity contribution in [2.24, 2.45) is 0 Å². The number of benzene rings is 2. The van der Waals surface area contributed by atoms with Crippen molar-refractivity contribution in [1.82, 2.24) is 0 Å². The van der Waals surface area contributed by atoms with Crippen LogP contribution in [0.3, 0.4) is 0 Å². The van der Waals surface area contributed by atoms with Crippen molar-refractivity contribution in [3.05, 3.63) is 53.8 Å². The molecule has 0 radical (unpaired) electrons. The van der Waals surface area contributed by atoms with E-state index in [1.165, 1.54) is 31.2 Å². The molecule has 0 saturated heterocycles. The molecule has 0 aromatic heterocycles. The van der Waals surface area contributed by atoms with Crippen molar-refractivity contribution in [3.8, 4) is 0 Å². The monoisotopic (exact) mass is 322 g/mol. The topological polar surface area (TPSA) is 75.3 Å². The lowest BCUT2D eigenvalue weighted by Crippen LogP contribution is -2.14. The summed E-state index contributed by atoms with van der Waals surface area (Å²) in [5, 5.41) is 2.30. The van der Waals surface area contributed by atoms with Gasteiger partial charge in [0.2, 0.25) is 5.91 Å². The van der Waals surface area contributed by atoms with E-state index in [1.807, 2.05) is 6.92 Å². The average Bonchev–Trinajstić information content (AvgIpc) is 2.42. The van der Waals surface area contributed by atoms with Gasteiger partial charge in [0.1, 0.15) is 5.82 Å². The highest BCUT2D eigenvalue weighted by Gasteiger charge is 2.15. The van der Waals surface area contributed by atoms with Gasteiger partial charge < -0.3 is 5.32 Å². The van der Waals surface area contributed by atoms with Gasteiger partial charge in [0.05, 0.1) is 16.3 Å². The highest BCUT2D eigenvalue weighted by atomic mass is 32.2. The second kappa shape index (κ2) is 6.15. The lowest BCUT2D eigenvalue weighted by molar-refractivity contribution is -0.114. The van der Waals surface area contributed by atoms with Crippen LogP contribution in [0.25, 0.3) is 0 Å². The largest absolute Gasteiger partial charge is 0.324 e. The van der Waals surface area contributed by atoms with Gasteiger partial charge in [0.15, 0.2) is 0 Å². The van der Waals surface area contributed by atoms with Crippen LogP contribution in [0, 0.1) is 12.7 Å². The van der Waals surface area contributed by atoms with Crippen LogP contribution in [-0.4, -0.2) is 14.3 Å². The zero-order valence-corrected chi connectivity index (χ0v) is 12.9. The predicted molar refractivity (Wildman–Crippen MR) is 82.7 cm³/mol. The smallest absolute Gasteiger partial charge is 0.261 e. The van der Waals surface area contributed by atoms with Crippen molar-refractivity contribution < 1.29 is 17.6 Å². The number of anilines is 2. The first-order valence-electron chi connectivity index (χ1n) is 6.44. The third-order valence-corrected chi connectivity index (χ3v) is 4.26. The third kappa shape index (κ3) is 3.82. The molecule has 2 aromatic carbocycles. The predicted octanol–water partition coefficient (Wildman–Crippen LogP) is 2.89. The molecular formula is C15H15FN2O3S. The summed E-state index contributed by atoms with van der Waals surface area (Å²) in [5.74, 6) is -1.09. The van der Waals surface area contributed by atoms with Gasteiger partial charge in [-0.3, -0.25) is 9.52 Å². The molecule has 0 aliphatic rings. The highest BCUT2D eigenvalue weighted by molar-refractivity contribution is 7.92. The molecule has 0 fully saturated rings. The molecule has 0 aliphatic heterocycles. The van der Waals surface area contributed by atoms with Crippen molar-refractivity contribution in [2.75, 3.05) is 10.0 Å². The standard InChI is InChI=1S/C15H15FN2O3S/c1-10-3-6-13(7-4-10)22(20,21)18-12-5-8-14(16)15(9-12)17-11(2)19/h3-9,18H,1-2H3,(H,17,19). The summed E-state index contributed by atoms with van der Waals surface area (Å²) in [6.07, 6.45) is 0. The van der Waals surface area contributed by atoms with Crippen molar-refractivity contribution in [1.29, 1.82) is 0 Å². The van der Waals surface area contributed by atoms with Crippen LogP contribution in [0.5, 0.6) is 0 Å². The highest BCUT2D eigenvalue weighted by Crippen LogP contribution is 2.22. The van der Waals surface area contributed by atoms with Gasteiger partial charge in [0.25, 0.3) is 10.0 Å². The molecule has 2 aromatic rings. The lowest BCUT2D eigenvalue weighted by Gasteiger charge is -2.10. The van der Waals surface area contributed by atoms with Crippen LogP contribution < -0.4 is 10.0 Å². The van der Waals surface area contributed by atoms with Crippen molar-refractivity contribution in [2.45, 2.75) is 18.7 Å². The summed E-state index contributed by atoms with van der Waals surface area (Å²) in [6.45, 7) is 3.09. The van der Waals surface area contributed by atoms with E-state index < -0.39 is 21.7 Å². The first-order chi connectivity index (χ1) is 10.3. The number of halogens is 1. The molecule has 22 heavy (non-hydrogen) atoms. The molecule has 7 heteroatoms. The quantitative estimate of drug-likeness (QED) is 0.909. The zero-order valence-electron chi connectivity index (χ0n) is 12.1. The van der Waals surface area contributed by atoms with Gasteiger partial charge in [0, 0.05) is 6.92 Å². The number of amides is 1. The van der Waals surface area contributed by atoms with Gasteiger partial charge in [-0.1, -0.05) is 17.7 Å². The van der Waals surface area contributed by atoms with Gasteiger partial charge in [-0.15, -0.1) is 0 Å². The third-order valence-electron chi connectivity index (χ3n) is 2.86. The summed E-state index contributed by atoms with van der Waals surface area (Å²) < 4.78 is 40.4. The maximum Gasteiger partial charge on any atom is 0.261 e. The molecule has 0 atom stereocenters. The van der Waals surface area contributed by atoms with E-state index in [1.54, 1.807) is 12.1 Å². The second-order valence-corrected chi connectivity index (χ2v) is 6.48. The Labute approximate surface area is 128 Å². The van der Waals surface area contributed by atoms with Gasteiger partial charge in [-0.25, -0.2) is 12.8 Å². The number of aryl methyl sites for hydroxylation is 1. The molecule has 2 rings (SSSR count). The van der Waals surface area contributed by atoms with Crippen LogP contribution in [0.1, 0.15) is 12.5 Å². The molecule has 0 aliphatic carbocycles. The van der Waals surface area contributed by atoms with Crippen LogP contribution in [-0.2, 0) is 14.8 Å². The first kappa shape index (κ1) is 16.0. The number of carbonyl (C=O) groups excluding carboxylic acids is 1. The molecule has 1 amide bonds. The molecule has 5 nitrogen and oxygen atoms in total. The Morgan fingerprint density at radius 1 is 1.09 bits per heavy atom. The molecule has 116 valence electrons. The van der Waals surface area contributed by atoms with Crippen LogP contribution in [0.4, 0.5) is 15.8 Å². The minimum Gasteiger partial charge on any atom is -0.324 e. The molecule has 0 saturated carbocycles. The Kier molecular flexibility index (Phi) is 4.46. The molecule has 2 N–H and O–H groups in total. The summed E-state index contributed by atoms with van der Waals surface area (Å²) in [7, 11) is -3.77. The Morgan fingerprint density at radius 2 is 1.73 bits per heavy atom. The van der Waals surface area contributed by atoms with Crippen molar-refractivity contribution >= 4 is 27.3 Å². The van der Waals surface area contributed by atoms with E-state index in [0.29, 0.717) is 0 Å². The van der Waals surface area contributed by atoms with Crippen molar-refractivity contribution in [3.63, 3.8) is 0 Å². The summed E-state index contributed by atoms with van der Waals surface area (Å²) in [6, 6.07) is 9.92. The summed E-state index contributed by atoms with van der Waals surface area (Å²) in [4.78, 5) is 11.1. The second-order valence-electron chi connectivity index (χ2n) is 4.79. The molecular weight excluding hydrogens is 307 g/mol. The van der Waals surface area contributed by atoms with E-state index in [2.05, 4.69) is 10.0 Å². The van der Waals surface area contributed by atoms with Crippen LogP contribution >= 0.6 is 0 Å². The minimum atomic E-state index is -3.77. The summed E-state index contributed by atoms with van der Waals surface area (Å²) >= 11 is 0. The Balaban J connectivity index is 2.29. The Hall–Kier alpha value is -2.41. The van der Waals surface area contributed by atoms with Gasteiger partial charge in [-0.05, 0) is 37.3 Å². The van der Waals surface area contributed by atoms with E-state index in [-0.39, 0.29) is 16.3 Å². The fourth-order valence-corrected chi connectivity index (χ4v) is 2.86. The number of rotatable bonds is 4. The average molecular weight is 322 g/mol. The van der Waals surface area contributed by atoms with E-state index >= 15 is 0 Å². The van der Waals surface area contributed by atoms with Crippen LogP contribution in [0.2, 0.25) is 0 Å². The molecule has 0 bridgehead atoms. The van der Waals surface area contributed by atoms with Gasteiger partial charge in [-0.2, -0.15) is 0 Å².